The highest BCUT2D eigenvalue weighted by Gasteiger charge is 2.35. The van der Waals surface area contributed by atoms with Gasteiger partial charge in [0.25, 0.3) is 0 Å². The number of hydrogen-bond acceptors (Lipinski definition) is 5. The molecule has 1 heterocycles. The zero-order chi connectivity index (χ0) is 14.0. The van der Waals surface area contributed by atoms with Gasteiger partial charge in [0, 0.05) is 26.5 Å². The summed E-state index contributed by atoms with van der Waals surface area (Å²) >= 11 is 0. The molecule has 0 spiro atoms. The van der Waals surface area contributed by atoms with E-state index in [1.54, 1.807) is 33.7 Å². The quantitative estimate of drug-likeness (QED) is 0.764. The summed E-state index contributed by atoms with van der Waals surface area (Å²) in [6, 6.07) is 0. The van der Waals surface area contributed by atoms with Gasteiger partial charge in [0.2, 0.25) is 5.95 Å². The third-order valence-electron chi connectivity index (χ3n) is 3.02. The Hall–Kier alpha value is -1.14. The molecule has 5 nitrogen and oxygen atoms in total. The van der Waals surface area contributed by atoms with Crippen LogP contribution in [0.15, 0.2) is 12.4 Å². The molecule has 0 bridgehead atoms. The molecular weight excluding hydrogens is 229 g/mol. The third kappa shape index (κ3) is 3.68. The van der Waals surface area contributed by atoms with Crippen LogP contribution in [0.4, 0.5) is 5.95 Å². The molecule has 1 aromatic rings. The molecule has 0 aromatic carbocycles. The Balaban J connectivity index is 2.64. The molecule has 6 heteroatoms. The van der Waals surface area contributed by atoms with Crippen molar-refractivity contribution < 1.29 is 9.76 Å². The van der Waals surface area contributed by atoms with Gasteiger partial charge in [-0.15, -0.1) is 0 Å². The number of hydrogen-bond donors (Lipinski definition) is 1. The second kappa shape index (κ2) is 5.24. The lowest BCUT2D eigenvalue weighted by Gasteiger charge is -2.37. The molecule has 0 aliphatic carbocycles. The average Bonchev–Trinajstić information content (AvgIpc) is 2.25. The minimum atomic E-state index is -0.937. The molecule has 0 aliphatic rings. The van der Waals surface area contributed by atoms with Crippen LogP contribution in [-0.2, 0) is 4.65 Å². The molecule has 0 fully saturated rings. The summed E-state index contributed by atoms with van der Waals surface area (Å²) < 4.78 is 5.61. The lowest BCUT2D eigenvalue weighted by Crippen LogP contribution is -2.49. The normalized spacial score (nSPS) is 12.4. The minimum Gasteiger partial charge on any atom is -0.427 e. The zero-order valence-corrected chi connectivity index (χ0v) is 11.9. The molecule has 0 amide bonds. The van der Waals surface area contributed by atoms with Crippen molar-refractivity contribution in [3.05, 3.63) is 12.4 Å². The first-order chi connectivity index (χ1) is 8.13. The molecule has 1 radical (unpaired) electrons. The van der Waals surface area contributed by atoms with Crippen LogP contribution in [0, 0.1) is 0 Å². The van der Waals surface area contributed by atoms with Crippen molar-refractivity contribution in [2.75, 3.05) is 19.0 Å². The first-order valence-electron chi connectivity index (χ1n) is 5.86. The molecule has 0 aliphatic heterocycles. The van der Waals surface area contributed by atoms with Gasteiger partial charge in [-0.2, -0.15) is 0 Å². The molecule has 1 aromatic heterocycles. The van der Waals surface area contributed by atoms with Crippen molar-refractivity contribution in [2.45, 2.75) is 38.9 Å². The minimum absolute atomic E-state index is 0.647. The van der Waals surface area contributed by atoms with E-state index < -0.39 is 11.2 Å². The highest BCUT2D eigenvalue weighted by Crippen LogP contribution is 2.24. The number of rotatable bonds is 5. The van der Waals surface area contributed by atoms with Gasteiger partial charge in [0.1, 0.15) is 0 Å². The number of nitrogens with zero attached hydrogens (tertiary/aromatic N) is 3. The van der Waals surface area contributed by atoms with Crippen LogP contribution in [0.5, 0.6) is 0 Å². The van der Waals surface area contributed by atoms with E-state index in [1.807, 2.05) is 32.8 Å². The summed E-state index contributed by atoms with van der Waals surface area (Å²) in [5.74, 6) is 0.647. The van der Waals surface area contributed by atoms with Crippen molar-refractivity contribution in [1.82, 2.24) is 9.97 Å². The molecule has 1 N–H and O–H groups in total. The van der Waals surface area contributed by atoms with Crippen molar-refractivity contribution in [3.63, 3.8) is 0 Å². The van der Waals surface area contributed by atoms with E-state index >= 15 is 0 Å². The van der Waals surface area contributed by atoms with Gasteiger partial charge in [-0.1, -0.05) is 0 Å². The van der Waals surface area contributed by atoms with E-state index in [-0.39, 0.29) is 0 Å². The fraction of sp³-hybridized carbons (Fsp3) is 0.667. The number of anilines is 1. The van der Waals surface area contributed by atoms with Crippen LogP contribution in [0.2, 0.25) is 0 Å². The molecule has 0 unspecified atom stereocenters. The SMILES string of the molecule is CN(C)c1ncc([B]OC(C)(C)C(C)(C)O)cn1. The summed E-state index contributed by atoms with van der Waals surface area (Å²) in [4.78, 5) is 10.2. The van der Waals surface area contributed by atoms with Gasteiger partial charge in [-0.05, 0) is 33.2 Å². The van der Waals surface area contributed by atoms with Crippen LogP contribution >= 0.6 is 0 Å². The van der Waals surface area contributed by atoms with Gasteiger partial charge in [0.05, 0.1) is 11.2 Å². The Bertz CT molecular complexity index is 385. The predicted molar refractivity (Wildman–Crippen MR) is 73.2 cm³/mol. The standard InChI is InChI=1S/C12H21BN3O2/c1-11(2,17)12(3,4)18-13-9-7-14-10(15-8-9)16(5)6/h7-8,17H,1-6H3. The second-order valence-corrected chi connectivity index (χ2v) is 5.52. The molecule has 0 saturated heterocycles. The lowest BCUT2D eigenvalue weighted by molar-refractivity contribution is -0.0893. The molecule has 99 valence electrons. The van der Waals surface area contributed by atoms with Crippen LogP contribution in [0.3, 0.4) is 0 Å². The summed E-state index contributed by atoms with van der Waals surface area (Å²) in [5, 5.41) is 9.96. The van der Waals surface area contributed by atoms with Gasteiger partial charge < -0.3 is 14.7 Å². The molecule has 18 heavy (non-hydrogen) atoms. The lowest BCUT2D eigenvalue weighted by atomic mass is 9.84. The number of aliphatic hydroxyl groups is 1. The van der Waals surface area contributed by atoms with E-state index in [9.17, 15) is 5.11 Å². The van der Waals surface area contributed by atoms with Crippen LogP contribution in [-0.4, -0.2) is 47.9 Å². The molecule has 0 atom stereocenters. The van der Waals surface area contributed by atoms with Gasteiger partial charge in [-0.25, -0.2) is 9.97 Å². The fourth-order valence-corrected chi connectivity index (χ4v) is 0.983. The van der Waals surface area contributed by atoms with Crippen LogP contribution < -0.4 is 10.4 Å². The van der Waals surface area contributed by atoms with Gasteiger partial charge in [-0.3, -0.25) is 0 Å². The molecule has 0 saturated carbocycles. The topological polar surface area (TPSA) is 58.5 Å². The van der Waals surface area contributed by atoms with Crippen LogP contribution in [0.25, 0.3) is 0 Å². The van der Waals surface area contributed by atoms with Gasteiger partial charge >= 0.3 is 7.48 Å². The van der Waals surface area contributed by atoms with E-state index in [2.05, 4.69) is 9.97 Å². The smallest absolute Gasteiger partial charge is 0.334 e. The van der Waals surface area contributed by atoms with E-state index in [0.717, 1.165) is 5.46 Å². The maximum absolute atomic E-state index is 9.96. The van der Waals surface area contributed by atoms with Crippen molar-refractivity contribution >= 4 is 18.9 Å². The van der Waals surface area contributed by atoms with Gasteiger partial charge in [0.15, 0.2) is 0 Å². The zero-order valence-electron chi connectivity index (χ0n) is 11.9. The average molecular weight is 250 g/mol. The third-order valence-corrected chi connectivity index (χ3v) is 3.02. The Morgan fingerprint density at radius 3 is 2.06 bits per heavy atom. The largest absolute Gasteiger partial charge is 0.427 e. The summed E-state index contributed by atoms with van der Waals surface area (Å²) in [5.41, 5.74) is -0.862. The van der Waals surface area contributed by atoms with Crippen molar-refractivity contribution in [3.8, 4) is 0 Å². The number of aromatic nitrogens is 2. The second-order valence-electron chi connectivity index (χ2n) is 5.52. The summed E-state index contributed by atoms with van der Waals surface area (Å²) in [7, 11) is 5.33. The highest BCUT2D eigenvalue weighted by atomic mass is 16.5. The van der Waals surface area contributed by atoms with E-state index in [0.29, 0.717) is 5.95 Å². The molecular formula is C12H21BN3O2. The van der Waals surface area contributed by atoms with Crippen molar-refractivity contribution in [1.29, 1.82) is 0 Å². The maximum atomic E-state index is 9.96. The van der Waals surface area contributed by atoms with E-state index in [4.69, 9.17) is 4.65 Å². The Morgan fingerprint density at radius 1 is 1.17 bits per heavy atom. The fourth-order valence-electron chi connectivity index (χ4n) is 0.983. The summed E-state index contributed by atoms with van der Waals surface area (Å²) in [6.45, 7) is 7.09. The summed E-state index contributed by atoms with van der Waals surface area (Å²) in [6.07, 6.45) is 3.37. The van der Waals surface area contributed by atoms with Crippen molar-refractivity contribution in [2.24, 2.45) is 0 Å². The first kappa shape index (κ1) is 14.9. The maximum Gasteiger partial charge on any atom is 0.334 e. The Kier molecular flexibility index (Phi) is 4.34. The monoisotopic (exact) mass is 250 g/mol. The Morgan fingerprint density at radius 2 is 1.67 bits per heavy atom. The van der Waals surface area contributed by atoms with Crippen LogP contribution in [0.1, 0.15) is 27.7 Å². The van der Waals surface area contributed by atoms with E-state index in [1.165, 1.54) is 0 Å². The highest BCUT2D eigenvalue weighted by molar-refractivity contribution is 6.46. The molecule has 1 rings (SSSR count). The Labute approximate surface area is 109 Å². The predicted octanol–water partition coefficient (Wildman–Crippen LogP) is 0.353. The first-order valence-corrected chi connectivity index (χ1v) is 5.86.